The zero-order valence-electron chi connectivity index (χ0n) is 22.1. The number of benzene rings is 2. The number of alkyl halides is 2. The van der Waals surface area contributed by atoms with E-state index in [1.165, 1.54) is 44.5 Å². The molecule has 2 aliphatic carbocycles. The lowest BCUT2D eigenvalue weighted by Crippen LogP contribution is -2.60. The fourth-order valence-corrected chi connectivity index (χ4v) is 8.55. The van der Waals surface area contributed by atoms with Crippen LogP contribution in [0.1, 0.15) is 34.7 Å². The summed E-state index contributed by atoms with van der Waals surface area (Å²) in [5, 5.41) is 19.9. The Kier molecular flexibility index (Phi) is 6.53. The lowest BCUT2D eigenvalue weighted by molar-refractivity contribution is -0.138. The van der Waals surface area contributed by atoms with E-state index < -0.39 is 63.0 Å². The lowest BCUT2D eigenvalue weighted by Gasteiger charge is -2.50. The fourth-order valence-electron chi connectivity index (χ4n) is 7.07. The van der Waals surface area contributed by atoms with Gasteiger partial charge in [-0.05, 0) is 70.6 Å². The van der Waals surface area contributed by atoms with Gasteiger partial charge in [-0.25, -0.2) is 4.79 Å². The maximum Gasteiger partial charge on any atom is 0.335 e. The second-order valence-corrected chi connectivity index (χ2v) is 13.0. The van der Waals surface area contributed by atoms with Crippen LogP contribution in [0.2, 0.25) is 0 Å². The molecular formula is C29H23BrCl2N2O8. The average molecular weight is 678 g/mol. The average Bonchev–Trinajstić information content (AvgIpc) is 3.29. The van der Waals surface area contributed by atoms with Crippen molar-refractivity contribution in [3.63, 3.8) is 0 Å². The summed E-state index contributed by atoms with van der Waals surface area (Å²) in [6.07, 6.45) is 1.74. The van der Waals surface area contributed by atoms with Crippen molar-refractivity contribution in [2.45, 2.75) is 28.5 Å². The zero-order valence-corrected chi connectivity index (χ0v) is 25.2. The van der Waals surface area contributed by atoms with Gasteiger partial charge in [0.1, 0.15) is 0 Å². The summed E-state index contributed by atoms with van der Waals surface area (Å²) in [6, 6.07) is 8.61. The number of likely N-dealkylation sites (tertiary alicyclic amines) is 1. The van der Waals surface area contributed by atoms with Crippen molar-refractivity contribution in [1.29, 1.82) is 0 Å². The molecule has 0 bridgehead atoms. The minimum absolute atomic E-state index is 0.0814. The van der Waals surface area contributed by atoms with E-state index in [-0.39, 0.29) is 40.1 Å². The first-order chi connectivity index (χ1) is 19.8. The summed E-state index contributed by atoms with van der Waals surface area (Å²) in [4.78, 5) is 64.5. The second kappa shape index (κ2) is 9.55. The first-order valence-corrected chi connectivity index (χ1v) is 14.5. The van der Waals surface area contributed by atoms with Crippen LogP contribution in [0.4, 0.5) is 5.69 Å². The molecule has 6 unspecified atom stereocenters. The summed E-state index contributed by atoms with van der Waals surface area (Å²) in [5.74, 6) is -7.33. The predicted molar refractivity (Wildman–Crippen MR) is 154 cm³/mol. The molecule has 2 aliphatic heterocycles. The topological polar surface area (TPSA) is 142 Å². The number of amides is 4. The molecule has 6 atom stereocenters. The van der Waals surface area contributed by atoms with Crippen molar-refractivity contribution < 1.29 is 38.9 Å². The number of carbonyl (C=O) groups excluding carboxylic acids is 4. The van der Waals surface area contributed by atoms with Gasteiger partial charge in [0.25, 0.3) is 11.8 Å². The Morgan fingerprint density at radius 3 is 2.45 bits per heavy atom. The molecule has 2 aromatic carbocycles. The number of phenols is 1. The van der Waals surface area contributed by atoms with Crippen LogP contribution < -0.4 is 9.64 Å². The number of hydrogen-bond donors (Lipinski definition) is 2. The van der Waals surface area contributed by atoms with Crippen molar-refractivity contribution in [2.24, 2.45) is 17.8 Å². The summed E-state index contributed by atoms with van der Waals surface area (Å²) in [5.41, 5.74) is 1.02. The number of fused-ring (bicyclic) bond motifs is 4. The van der Waals surface area contributed by atoms with E-state index in [4.69, 9.17) is 27.9 Å². The molecule has 2 aromatic rings. The monoisotopic (exact) mass is 676 g/mol. The van der Waals surface area contributed by atoms with Gasteiger partial charge in [-0.1, -0.05) is 17.7 Å². The second-order valence-electron chi connectivity index (χ2n) is 10.9. The molecule has 4 amide bonds. The highest BCUT2D eigenvalue weighted by molar-refractivity contribution is 9.10. The molecule has 3 fully saturated rings. The zero-order chi connectivity index (χ0) is 30.5. The molecule has 2 N–H and O–H groups in total. The molecular weight excluding hydrogens is 655 g/mol. The number of nitrogens with zero attached hydrogens (tertiary/aromatic N) is 2. The number of allylic oxidation sites excluding steroid dienone is 2. The first-order valence-electron chi connectivity index (χ1n) is 13.0. The number of phenolic OH excluding ortho intramolecular Hbond substituents is 1. The quantitative estimate of drug-likeness (QED) is 0.281. The molecule has 2 saturated heterocycles. The number of imide groups is 2. The third-order valence-electron chi connectivity index (χ3n) is 8.97. The Bertz CT molecular complexity index is 1660. The maximum atomic E-state index is 14.0. The van der Waals surface area contributed by atoms with Crippen LogP contribution in [-0.2, 0) is 19.2 Å². The Labute approximate surface area is 257 Å². The molecule has 0 radical (unpaired) electrons. The van der Waals surface area contributed by atoms with E-state index in [9.17, 15) is 34.2 Å². The van der Waals surface area contributed by atoms with Crippen LogP contribution in [0.25, 0.3) is 0 Å². The lowest BCUT2D eigenvalue weighted by atomic mass is 9.56. The normalized spacial score (nSPS) is 32.0. The van der Waals surface area contributed by atoms with E-state index in [1.54, 1.807) is 12.1 Å². The number of aromatic carboxylic acids is 1. The highest BCUT2D eigenvalue weighted by Crippen LogP contribution is 2.65. The highest BCUT2D eigenvalue weighted by Gasteiger charge is 2.76. The van der Waals surface area contributed by atoms with Crippen molar-refractivity contribution in [3.8, 4) is 11.5 Å². The van der Waals surface area contributed by atoms with E-state index in [1.807, 2.05) is 0 Å². The first kappa shape index (κ1) is 28.7. The smallest absolute Gasteiger partial charge is 0.335 e. The van der Waals surface area contributed by atoms with E-state index in [0.29, 0.717) is 11.1 Å². The van der Waals surface area contributed by atoms with Crippen LogP contribution in [0.15, 0.2) is 52.5 Å². The molecule has 4 aliphatic rings. The van der Waals surface area contributed by atoms with Gasteiger partial charge in [0, 0.05) is 13.0 Å². The molecule has 218 valence electrons. The summed E-state index contributed by atoms with van der Waals surface area (Å²) in [7, 11) is 2.65. The van der Waals surface area contributed by atoms with Gasteiger partial charge in [-0.2, -0.15) is 0 Å². The van der Waals surface area contributed by atoms with E-state index >= 15 is 0 Å². The fraction of sp³-hybridized carbons (Fsp3) is 0.345. The van der Waals surface area contributed by atoms with Gasteiger partial charge < -0.3 is 14.9 Å². The number of methoxy groups -OCH3 is 1. The highest BCUT2D eigenvalue weighted by atomic mass is 79.9. The Morgan fingerprint density at radius 2 is 1.79 bits per heavy atom. The Morgan fingerprint density at radius 1 is 1.07 bits per heavy atom. The van der Waals surface area contributed by atoms with E-state index in [0.717, 1.165) is 9.80 Å². The van der Waals surface area contributed by atoms with Crippen LogP contribution in [0, 0.1) is 17.8 Å². The number of carboxylic acids is 1. The number of hydrogen-bond acceptors (Lipinski definition) is 7. The van der Waals surface area contributed by atoms with Crippen molar-refractivity contribution in [3.05, 3.63) is 63.6 Å². The van der Waals surface area contributed by atoms with Crippen molar-refractivity contribution in [1.82, 2.24) is 4.90 Å². The van der Waals surface area contributed by atoms with Gasteiger partial charge in [0.15, 0.2) is 21.2 Å². The van der Waals surface area contributed by atoms with Crippen LogP contribution in [0.5, 0.6) is 11.5 Å². The Hall–Kier alpha value is -3.41. The van der Waals surface area contributed by atoms with Crippen LogP contribution in [-0.4, -0.2) is 68.6 Å². The number of halogens is 3. The SMILES string of the molecule is COc1cc(C2C3=CCC4C(=O)N(c5cccc(C(=O)O)c5)C(=O)C4C3CC3(Cl)C(=O)N(C)C(=O)C23Cl)cc(Br)c1O. The number of ether oxygens (including phenoxy) is 1. The molecule has 1 saturated carbocycles. The van der Waals surface area contributed by atoms with E-state index in [2.05, 4.69) is 15.9 Å². The van der Waals surface area contributed by atoms with Gasteiger partial charge in [-0.15, -0.1) is 23.2 Å². The Balaban J connectivity index is 1.52. The predicted octanol–water partition coefficient (Wildman–Crippen LogP) is 4.05. The summed E-state index contributed by atoms with van der Waals surface area (Å²) < 4.78 is 5.58. The van der Waals surface area contributed by atoms with Gasteiger partial charge in [0.2, 0.25) is 11.8 Å². The third kappa shape index (κ3) is 3.59. The molecule has 0 spiro atoms. The molecule has 10 nitrogen and oxygen atoms in total. The molecule has 0 aromatic heterocycles. The van der Waals surface area contributed by atoms with Gasteiger partial charge in [0.05, 0.1) is 34.7 Å². The molecule has 42 heavy (non-hydrogen) atoms. The summed E-state index contributed by atoms with van der Waals surface area (Å²) in [6.45, 7) is 0. The number of aromatic hydroxyl groups is 1. The largest absolute Gasteiger partial charge is 0.503 e. The number of carbonyl (C=O) groups is 5. The minimum atomic E-state index is -1.99. The third-order valence-corrected chi connectivity index (χ3v) is 11.0. The number of carboxylic acid groups (broad SMARTS) is 1. The molecule has 13 heteroatoms. The molecule has 6 rings (SSSR count). The number of anilines is 1. The van der Waals surface area contributed by atoms with Crippen LogP contribution in [0.3, 0.4) is 0 Å². The number of rotatable bonds is 4. The van der Waals surface area contributed by atoms with Crippen LogP contribution >= 0.6 is 39.1 Å². The van der Waals surface area contributed by atoms with Crippen molar-refractivity contribution >= 4 is 74.4 Å². The minimum Gasteiger partial charge on any atom is -0.503 e. The van der Waals surface area contributed by atoms with Gasteiger partial charge >= 0.3 is 5.97 Å². The van der Waals surface area contributed by atoms with Gasteiger partial charge in [-0.3, -0.25) is 29.0 Å². The standard InChI is InChI=1S/C29H23BrCl2N2O8/c1-33-26(40)28(31)11-17-15(21(29(28,32)27(33)41)13-9-18(30)22(35)19(10-13)42-2)6-7-16-20(17)24(37)34(23(16)36)14-5-3-4-12(8-14)25(38)39/h3-6,8-10,16-17,20-21,35H,7,11H2,1-2H3,(H,38,39). The van der Waals surface area contributed by atoms with Crippen molar-refractivity contribution in [2.75, 3.05) is 19.1 Å². The summed E-state index contributed by atoms with van der Waals surface area (Å²) >= 11 is 17.6. The molecule has 2 heterocycles. The maximum absolute atomic E-state index is 14.0.